The summed E-state index contributed by atoms with van der Waals surface area (Å²) in [5, 5.41) is 7.91. The summed E-state index contributed by atoms with van der Waals surface area (Å²) >= 11 is 5.70. The first kappa shape index (κ1) is 19.6. The highest BCUT2D eigenvalue weighted by Gasteiger charge is 2.29. The summed E-state index contributed by atoms with van der Waals surface area (Å²) in [7, 11) is 0. The second-order valence-electron chi connectivity index (χ2n) is 5.29. The zero-order chi connectivity index (χ0) is 19.5. The van der Waals surface area contributed by atoms with Gasteiger partial charge in [-0.25, -0.2) is 4.68 Å². The topological polar surface area (TPSA) is 73.3 Å². The van der Waals surface area contributed by atoms with Crippen molar-refractivity contribution in [2.75, 3.05) is 0 Å². The van der Waals surface area contributed by atoms with Gasteiger partial charge in [0.05, 0.1) is 23.5 Å². The number of nitrogens with zero attached hydrogens (tertiary/aromatic N) is 4. The molecule has 0 radical (unpaired) electrons. The number of halogens is 4. The van der Waals surface area contributed by atoms with Crippen molar-refractivity contribution in [1.82, 2.24) is 14.9 Å². The van der Waals surface area contributed by atoms with Gasteiger partial charge in [0.2, 0.25) is 0 Å². The monoisotopic (exact) mass is 386 g/mol. The summed E-state index contributed by atoms with van der Waals surface area (Å²) in [6, 6.07) is 1.19. The van der Waals surface area contributed by atoms with Gasteiger partial charge in [-0.2, -0.15) is 18.3 Å². The molecule has 2 aromatic rings. The minimum atomic E-state index is -4.45. The van der Waals surface area contributed by atoms with E-state index in [4.69, 9.17) is 16.1 Å². The summed E-state index contributed by atoms with van der Waals surface area (Å²) in [6.45, 7) is 5.87. The Morgan fingerprint density at radius 1 is 1.46 bits per heavy atom. The Balaban J connectivity index is 2.44. The van der Waals surface area contributed by atoms with Crippen LogP contribution in [0.4, 0.5) is 13.2 Å². The lowest BCUT2D eigenvalue weighted by Gasteiger charge is -2.06. The van der Waals surface area contributed by atoms with E-state index in [2.05, 4.69) is 22.0 Å². The third-order valence-corrected chi connectivity index (χ3v) is 3.69. The highest BCUT2D eigenvalue weighted by Crippen LogP contribution is 2.27. The third-order valence-electron chi connectivity index (χ3n) is 3.48. The van der Waals surface area contributed by atoms with Gasteiger partial charge in [0.1, 0.15) is 11.5 Å². The van der Waals surface area contributed by atoms with Crippen molar-refractivity contribution in [1.29, 1.82) is 0 Å². The van der Waals surface area contributed by atoms with Crippen LogP contribution in [0.2, 0.25) is 5.02 Å². The van der Waals surface area contributed by atoms with E-state index in [1.807, 2.05) is 0 Å². The summed E-state index contributed by atoms with van der Waals surface area (Å²) in [5.41, 5.74) is -0.571. The van der Waals surface area contributed by atoms with Gasteiger partial charge in [0.15, 0.2) is 0 Å². The molecule has 0 saturated carbocycles. The van der Waals surface area contributed by atoms with E-state index in [-0.39, 0.29) is 23.0 Å². The average molecular weight is 387 g/mol. The van der Waals surface area contributed by atoms with Crippen molar-refractivity contribution < 1.29 is 17.7 Å². The van der Waals surface area contributed by atoms with Gasteiger partial charge < -0.3 is 4.52 Å². The van der Waals surface area contributed by atoms with E-state index >= 15 is 0 Å². The fraction of sp³-hybridized carbons (Fsp3) is 0.250. The highest BCUT2D eigenvalue weighted by molar-refractivity contribution is 6.30. The fourth-order valence-corrected chi connectivity index (χ4v) is 2.10. The quantitative estimate of drug-likeness (QED) is 0.579. The lowest BCUT2D eigenvalue weighted by atomic mass is 10.1. The number of hydrogen-bond donors (Lipinski definition) is 0. The molecule has 0 saturated heterocycles. The Morgan fingerprint density at radius 2 is 2.15 bits per heavy atom. The predicted octanol–water partition coefficient (Wildman–Crippen LogP) is 3.79. The highest BCUT2D eigenvalue weighted by atomic mass is 35.5. The summed E-state index contributed by atoms with van der Waals surface area (Å²) in [6.07, 6.45) is -1.16. The van der Waals surface area contributed by atoms with Gasteiger partial charge in [-0.1, -0.05) is 22.8 Å². The van der Waals surface area contributed by atoms with Crippen LogP contribution in [0.25, 0.3) is 5.70 Å². The Hall–Kier alpha value is -2.68. The van der Waals surface area contributed by atoms with E-state index < -0.39 is 17.3 Å². The number of rotatable bonds is 5. The van der Waals surface area contributed by atoms with Crippen LogP contribution < -0.4 is 5.56 Å². The third kappa shape index (κ3) is 4.48. The SMILES string of the molecule is C=N/C(=C\C=C(/C)C(F)(F)F)c1noc(C)c1Cn1ncc(Cl)cc1=O. The molecule has 0 spiro atoms. The second kappa shape index (κ2) is 7.69. The summed E-state index contributed by atoms with van der Waals surface area (Å²) in [5.74, 6) is 0.370. The largest absolute Gasteiger partial charge is 0.412 e. The number of aromatic nitrogens is 3. The maximum atomic E-state index is 12.6. The van der Waals surface area contributed by atoms with Crippen LogP contribution in [0.3, 0.4) is 0 Å². The van der Waals surface area contributed by atoms with Gasteiger partial charge in [-0.05, 0) is 26.6 Å². The van der Waals surface area contributed by atoms with Crippen molar-refractivity contribution >= 4 is 24.0 Å². The summed E-state index contributed by atoms with van der Waals surface area (Å²) in [4.78, 5) is 15.6. The molecule has 0 bridgehead atoms. The lowest BCUT2D eigenvalue weighted by Crippen LogP contribution is -2.22. The van der Waals surface area contributed by atoms with Crippen LogP contribution in [0.1, 0.15) is 23.9 Å². The molecule has 0 amide bonds. The minimum absolute atomic E-state index is 0.0184. The molecular weight excluding hydrogens is 373 g/mol. The Bertz CT molecular complexity index is 942. The van der Waals surface area contributed by atoms with Crippen LogP contribution in [-0.2, 0) is 6.54 Å². The van der Waals surface area contributed by atoms with Crippen LogP contribution in [-0.4, -0.2) is 27.8 Å². The molecule has 0 N–H and O–H groups in total. The van der Waals surface area contributed by atoms with Gasteiger partial charge >= 0.3 is 6.18 Å². The molecule has 26 heavy (non-hydrogen) atoms. The molecule has 0 aromatic carbocycles. The molecule has 0 atom stereocenters. The van der Waals surface area contributed by atoms with Crippen molar-refractivity contribution in [3.8, 4) is 0 Å². The van der Waals surface area contributed by atoms with E-state index in [1.54, 1.807) is 6.92 Å². The molecule has 2 rings (SSSR count). The molecule has 0 aliphatic heterocycles. The van der Waals surface area contributed by atoms with Gasteiger partial charge in [0, 0.05) is 17.2 Å². The molecule has 6 nitrogen and oxygen atoms in total. The zero-order valence-electron chi connectivity index (χ0n) is 13.8. The van der Waals surface area contributed by atoms with Crippen molar-refractivity contribution in [2.45, 2.75) is 26.6 Å². The minimum Gasteiger partial charge on any atom is -0.361 e. The molecule has 2 heterocycles. The average Bonchev–Trinajstić information content (AvgIpc) is 2.90. The first-order valence-corrected chi connectivity index (χ1v) is 7.62. The Labute approximate surface area is 151 Å². The second-order valence-corrected chi connectivity index (χ2v) is 5.73. The van der Waals surface area contributed by atoms with Gasteiger partial charge in [0.25, 0.3) is 5.56 Å². The Kier molecular flexibility index (Phi) is 5.81. The molecular formula is C16H14ClF3N4O2. The number of hydrogen-bond acceptors (Lipinski definition) is 5. The standard InChI is InChI=1S/C16H14ClF3N4O2/c1-9(16(18,19)20)4-5-13(21-3)15-12(10(2)26-23-15)8-24-14(25)6-11(17)7-22-24/h4-7H,3,8H2,1-2H3/b9-4+,13-5-. The first-order chi connectivity index (χ1) is 12.1. The number of allylic oxidation sites excluding steroid dienone is 3. The van der Waals surface area contributed by atoms with E-state index in [1.165, 1.54) is 12.3 Å². The Morgan fingerprint density at radius 3 is 2.73 bits per heavy atom. The predicted molar refractivity (Wildman–Crippen MR) is 91.2 cm³/mol. The molecule has 0 fully saturated rings. The van der Waals surface area contributed by atoms with Gasteiger partial charge in [-0.15, -0.1) is 0 Å². The van der Waals surface area contributed by atoms with Gasteiger partial charge in [-0.3, -0.25) is 9.79 Å². The normalized spacial score (nSPS) is 13.2. The molecule has 138 valence electrons. The molecule has 10 heteroatoms. The zero-order valence-corrected chi connectivity index (χ0v) is 14.6. The van der Waals surface area contributed by atoms with Crippen LogP contribution in [0.5, 0.6) is 0 Å². The van der Waals surface area contributed by atoms with Crippen molar-refractivity contribution in [3.05, 3.63) is 62.4 Å². The van der Waals surface area contributed by atoms with Crippen molar-refractivity contribution in [2.24, 2.45) is 4.99 Å². The number of aryl methyl sites for hydroxylation is 1. The molecule has 0 aliphatic rings. The van der Waals surface area contributed by atoms with Crippen molar-refractivity contribution in [3.63, 3.8) is 0 Å². The lowest BCUT2D eigenvalue weighted by molar-refractivity contribution is -0.0912. The molecule has 2 aromatic heterocycles. The first-order valence-electron chi connectivity index (χ1n) is 7.24. The van der Waals surface area contributed by atoms with Crippen LogP contribution in [0, 0.1) is 6.92 Å². The number of alkyl halides is 3. The maximum Gasteiger partial charge on any atom is 0.412 e. The molecule has 0 aliphatic carbocycles. The van der Waals surface area contributed by atoms with E-state index in [0.29, 0.717) is 11.3 Å². The van der Waals surface area contributed by atoms with Crippen LogP contribution in [0.15, 0.2) is 44.3 Å². The summed E-state index contributed by atoms with van der Waals surface area (Å²) < 4.78 is 44.1. The fourth-order valence-electron chi connectivity index (χ4n) is 1.96. The van der Waals surface area contributed by atoms with E-state index in [0.717, 1.165) is 23.8 Å². The number of aliphatic imine (C=N–C) groups is 1. The van der Waals surface area contributed by atoms with Crippen LogP contribution >= 0.6 is 11.6 Å². The molecule has 0 unspecified atom stereocenters. The smallest absolute Gasteiger partial charge is 0.361 e. The van der Waals surface area contributed by atoms with E-state index in [9.17, 15) is 18.0 Å². The maximum absolute atomic E-state index is 12.6.